The Kier molecular flexibility index (Phi) is 71.6. The summed E-state index contributed by atoms with van der Waals surface area (Å²) in [6, 6.07) is 1.89. The van der Waals surface area contributed by atoms with Crippen LogP contribution in [-0.4, -0.2) is 229 Å². The van der Waals surface area contributed by atoms with Crippen molar-refractivity contribution in [3.05, 3.63) is 28.7 Å². The van der Waals surface area contributed by atoms with Gasteiger partial charge in [-0.15, -0.1) is 0 Å². The van der Waals surface area contributed by atoms with Crippen molar-refractivity contribution in [1.29, 1.82) is 0 Å². The number of hydrogen-bond acceptors (Lipinski definition) is 9. The molecule has 0 saturated carbocycles. The van der Waals surface area contributed by atoms with Crippen LogP contribution < -0.4 is 0 Å². The number of ether oxygens (including phenoxy) is 1. The van der Waals surface area contributed by atoms with Crippen LogP contribution in [0.2, 0.25) is 333 Å². The van der Waals surface area contributed by atoms with Gasteiger partial charge in [-0.2, -0.15) is 12.8 Å². The molecule has 0 aromatic carbocycles. The molecule has 0 spiro atoms. The van der Waals surface area contributed by atoms with E-state index < -0.39 is 180 Å². The van der Waals surface area contributed by atoms with Crippen LogP contribution >= 0.6 is 0 Å². The first-order valence-electron chi connectivity index (χ1n) is 41.1. The molecule has 9 nitrogen and oxygen atoms in total. The second kappa shape index (κ2) is 53.8. The van der Waals surface area contributed by atoms with E-state index in [1.54, 1.807) is 35.5 Å². The van der Waals surface area contributed by atoms with Gasteiger partial charge in [0.15, 0.2) is 48.9 Å². The molecule has 0 amide bonds. The van der Waals surface area contributed by atoms with Gasteiger partial charge in [-0.25, -0.2) is 0 Å². The smallest absolute Gasteiger partial charge is 0.458 e. The van der Waals surface area contributed by atoms with Crippen LogP contribution in [0.15, 0.2) is 0 Å². The first-order chi connectivity index (χ1) is 45.1. The SMILES string of the molecule is C.C.CCC.CCCCOCC.C[Si](C)(C)O[Si](C)(C)C.C[Si](C)(C)O[Si](C)(C)[Si](C)(C)[Si](C)(C)[Si](C)(C)[Si](C)(C)[Si](C)(C)[Si](C)(C)[Si](C)(C)[Si](C)(C)[Si](C)(C)[Si](C)(C)[Si](C)(C)[Si](C)(C)[Si](C)(C)[Si](C)(C)[Si](C)(C)[Si](C)(C)[Si](C)(C)O[Si](C)(C)C.[CH2-]CCC[Si](C)(OC)OC.[CH2-]CCC[Si](OC)(OC)OC.[CH3-].[CH3-].[Rf].[Rf].[Rf].[W].[W]. The van der Waals surface area contributed by atoms with Crippen molar-refractivity contribution in [3.8, 4) is 0 Å². The van der Waals surface area contributed by atoms with E-state index in [1.807, 2.05) is 6.92 Å². The molecule has 0 aromatic rings. The van der Waals surface area contributed by atoms with Crippen LogP contribution in [0.3, 0.4) is 0 Å². The fourth-order valence-electron chi connectivity index (χ4n) is 17.2. The van der Waals surface area contributed by atoms with Gasteiger partial charge in [-0.05, 0) is 131 Å². The van der Waals surface area contributed by atoms with Crippen molar-refractivity contribution in [2.45, 2.75) is 420 Å². The minimum absolute atomic E-state index is 0. The average molecular weight is 3100 g/mol. The number of hydrogen-bond donors (Lipinski definition) is 0. The molecular weight excluding hydrogens is 2890 g/mol. The summed E-state index contributed by atoms with van der Waals surface area (Å²) in [5, 5.41) is 0. The summed E-state index contributed by atoms with van der Waals surface area (Å²) >= 11 is 0. The van der Waals surface area contributed by atoms with Crippen molar-refractivity contribution in [2.75, 3.05) is 48.8 Å². The van der Waals surface area contributed by atoms with Crippen molar-refractivity contribution < 1.29 is 81.3 Å². The predicted octanol–water partition coefficient (Wildman–Crippen LogP) is 28.3. The monoisotopic (exact) mass is 3100 g/mol. The van der Waals surface area contributed by atoms with Crippen LogP contribution in [0.5, 0.6) is 0 Å². The molecule has 0 saturated heterocycles. The minimum Gasteiger partial charge on any atom is -0.458 e. The second-order valence-electron chi connectivity index (χ2n) is 44.8. The van der Waals surface area contributed by atoms with E-state index in [1.165, 1.54) is 19.3 Å². The summed E-state index contributed by atoms with van der Waals surface area (Å²) in [5.74, 6) is 0. The van der Waals surface area contributed by atoms with Crippen molar-refractivity contribution in [3.63, 3.8) is 0 Å². The first-order valence-corrected chi connectivity index (χ1v) is 130. The van der Waals surface area contributed by atoms with E-state index >= 15 is 0 Å². The van der Waals surface area contributed by atoms with Gasteiger partial charge >= 0.3 is 17.4 Å². The Morgan fingerprint density at radius 2 is 0.416 bits per heavy atom. The van der Waals surface area contributed by atoms with Gasteiger partial charge in [-0.1, -0.05) is 271 Å². The molecule has 0 fully saturated rings. The van der Waals surface area contributed by atoms with Crippen LogP contribution in [-0.2, 0) is 81.3 Å². The molecule has 686 valence electrons. The summed E-state index contributed by atoms with van der Waals surface area (Å²) < 4.78 is 52.0. The molecular formula is C75H214O9Rf3Si24W2-4. The van der Waals surface area contributed by atoms with Gasteiger partial charge in [0.05, 0.1) is 14.2 Å². The summed E-state index contributed by atoms with van der Waals surface area (Å²) in [7, 11) is -31.1. The largest absolute Gasteiger partial charge is 0.500 e. The van der Waals surface area contributed by atoms with E-state index in [4.69, 9.17) is 39.2 Å². The number of unbranched alkanes of at least 4 members (excludes halogenated alkanes) is 3. The summed E-state index contributed by atoms with van der Waals surface area (Å²) in [6.45, 7) is 156. The maximum atomic E-state index is 7.42. The van der Waals surface area contributed by atoms with E-state index in [0.29, 0.717) is 0 Å². The Labute approximate surface area is 751 Å². The zero-order chi connectivity index (χ0) is 86.1. The molecule has 0 aliphatic rings. The normalized spacial score (nSPS) is 13.9. The molecule has 0 heterocycles. The van der Waals surface area contributed by atoms with E-state index in [2.05, 4.69) is 355 Å². The molecule has 0 unspecified atom stereocenters. The first kappa shape index (κ1) is 151. The van der Waals surface area contributed by atoms with Gasteiger partial charge < -0.3 is 67.9 Å². The maximum absolute atomic E-state index is 7.42. The Hall–Kier alpha value is 3.22. The Morgan fingerprint density at radius 3 is 0.540 bits per heavy atom. The van der Waals surface area contributed by atoms with E-state index in [-0.39, 0.29) is 71.8 Å². The van der Waals surface area contributed by atoms with Crippen LogP contribution in [0.1, 0.15) is 87.5 Å². The molecule has 0 aromatic heterocycles. The molecule has 38 heteroatoms. The van der Waals surface area contributed by atoms with Crippen molar-refractivity contribution in [1.82, 2.24) is 0 Å². The Balaban J connectivity index is -0.000000122. The van der Waals surface area contributed by atoms with Crippen LogP contribution in [0.25, 0.3) is 0 Å². The molecule has 0 aliphatic heterocycles. The van der Waals surface area contributed by atoms with Crippen molar-refractivity contribution >= 4 is 180 Å². The van der Waals surface area contributed by atoms with E-state index in [9.17, 15) is 0 Å². The molecule has 0 N–H and O–H groups in total. The third-order valence-corrected chi connectivity index (χ3v) is 479. The van der Waals surface area contributed by atoms with Gasteiger partial charge in [0.25, 0.3) is 0 Å². The molecule has 0 rings (SSSR count). The zero-order valence-electron chi connectivity index (χ0n) is 87.8. The van der Waals surface area contributed by atoms with Crippen LogP contribution in [0.4, 0.5) is 0 Å². The topological polar surface area (TPSA) is 83.1 Å². The maximum Gasteiger partial charge on any atom is 0.500 e. The average Bonchev–Trinajstić information content (AvgIpc) is 0.679. The summed E-state index contributed by atoms with van der Waals surface area (Å²) in [4.78, 5) is 0. The summed E-state index contributed by atoms with van der Waals surface area (Å²) in [6.07, 6.45) is 7.64. The molecule has 113 heavy (non-hydrogen) atoms. The Morgan fingerprint density at radius 1 is 0.248 bits per heavy atom. The molecule has 0 radical (unpaired) electrons. The summed E-state index contributed by atoms with van der Waals surface area (Å²) in [5.41, 5.74) is 0. The van der Waals surface area contributed by atoms with Gasteiger partial charge in [0, 0.05) is 196 Å². The van der Waals surface area contributed by atoms with E-state index in [0.717, 1.165) is 51.0 Å². The fraction of sp³-hybridized carbons (Fsp3) is 0.947. The minimum atomic E-state index is -2.28. The molecule has 0 bridgehead atoms. The molecule has 0 atom stereocenters. The van der Waals surface area contributed by atoms with Gasteiger partial charge in [-0.3, -0.25) is 0 Å². The second-order valence-corrected chi connectivity index (χ2v) is 280. The molecule has 0 aliphatic carbocycles. The zero-order valence-corrected chi connectivity index (χ0v) is 137. The standard InChI is InChI=1S/C42H126O2Si20.C7H17O3Si.C7H17O2Si.C6H18OSi2.C6H14O.C3H8.2CH4.2CH3.3Rf.2W/c1-45(2,3)43-47(7,8)49(11,12)51(15,16)53(19,20)55(23,24)57(27,28)59(31,32)61(35,36)63(39,40)64(41,42)62(37,38)60(33,34)58(29,30)56(25,26)54(21,22)52(17,18)50(13,14)48(9,10)44-46(4,5)6;1-5-6-7-11(8-2,9-3)10-4;1-5-6-7-10(4,8-2)9-3;1-8(2,3)7-9(4,5)6;1-3-5-6-7-4-2;1-3-2;;;;;;;;;/h1-42H3;1,5-7H2,2-4H3;1,5-7H2,2-4H3;1-6H3;3-6H2,1-2H3;3H2,1-2H3;2*1H4;2*1H3;;;;;/q;2*-1;;;;;;2*-1;;;;;. The van der Waals surface area contributed by atoms with Gasteiger partial charge in [0.2, 0.25) is 0 Å². The number of rotatable bonds is 38. The third-order valence-electron chi connectivity index (χ3n) is 32.4. The fourth-order valence-corrected chi connectivity index (χ4v) is 678. The Bertz CT molecular complexity index is 2300. The third kappa shape index (κ3) is 35.8. The van der Waals surface area contributed by atoms with Crippen LogP contribution in [0, 0.1) is 28.7 Å². The predicted molar refractivity (Wildman–Crippen MR) is 576 cm³/mol. The quantitative estimate of drug-likeness (QED) is 0.0341. The van der Waals surface area contributed by atoms with Gasteiger partial charge in [0.1, 0.15) is 0 Å². The van der Waals surface area contributed by atoms with Crippen molar-refractivity contribution in [2.24, 2.45) is 0 Å².